The summed E-state index contributed by atoms with van der Waals surface area (Å²) in [5.41, 5.74) is 7.65. The summed E-state index contributed by atoms with van der Waals surface area (Å²) in [7, 11) is 2.01. The molecule has 2 N–H and O–H groups in total. The zero-order chi connectivity index (χ0) is 14.0. The van der Waals surface area contributed by atoms with Crippen LogP contribution in [0.2, 0.25) is 4.34 Å². The predicted molar refractivity (Wildman–Crippen MR) is 91.5 cm³/mol. The molecule has 0 saturated heterocycles. The van der Waals surface area contributed by atoms with Crippen molar-refractivity contribution in [2.24, 2.45) is 5.73 Å². The van der Waals surface area contributed by atoms with E-state index in [2.05, 4.69) is 20.8 Å². The summed E-state index contributed by atoms with van der Waals surface area (Å²) in [4.78, 5) is 3.71. The maximum absolute atomic E-state index is 5.95. The van der Waals surface area contributed by atoms with Crippen molar-refractivity contribution in [2.75, 3.05) is 11.9 Å². The van der Waals surface area contributed by atoms with Gasteiger partial charge in [0, 0.05) is 27.6 Å². The number of thiophene rings is 1. The van der Waals surface area contributed by atoms with E-state index in [0.717, 1.165) is 26.6 Å². The van der Waals surface area contributed by atoms with Gasteiger partial charge >= 0.3 is 0 Å². The molecule has 1 heterocycles. The number of thiocarbonyl (C=S) groups is 1. The summed E-state index contributed by atoms with van der Waals surface area (Å²) < 4.78 is 1.80. The van der Waals surface area contributed by atoms with E-state index in [-0.39, 0.29) is 0 Å². The van der Waals surface area contributed by atoms with Gasteiger partial charge in [0.1, 0.15) is 4.99 Å². The summed E-state index contributed by atoms with van der Waals surface area (Å²) in [6, 6.07) is 9.82. The van der Waals surface area contributed by atoms with Crippen molar-refractivity contribution in [2.45, 2.75) is 6.54 Å². The lowest BCUT2D eigenvalue weighted by Gasteiger charge is -2.22. The SMILES string of the molecule is CN(Cc1ccc(Cl)s1)c1cc(Br)ccc1C(N)=S. The number of hydrogen-bond donors (Lipinski definition) is 1. The van der Waals surface area contributed by atoms with E-state index in [9.17, 15) is 0 Å². The Morgan fingerprint density at radius 3 is 2.74 bits per heavy atom. The molecule has 0 fully saturated rings. The van der Waals surface area contributed by atoms with E-state index in [1.165, 1.54) is 4.88 Å². The fraction of sp³-hybridized carbons (Fsp3) is 0.154. The Morgan fingerprint density at radius 2 is 2.16 bits per heavy atom. The van der Waals surface area contributed by atoms with Crippen LogP contribution < -0.4 is 10.6 Å². The Morgan fingerprint density at radius 1 is 1.42 bits per heavy atom. The maximum Gasteiger partial charge on any atom is 0.106 e. The van der Waals surface area contributed by atoms with Crippen LogP contribution in [0.1, 0.15) is 10.4 Å². The van der Waals surface area contributed by atoms with Crippen LogP contribution in [0.3, 0.4) is 0 Å². The third-order valence-electron chi connectivity index (χ3n) is 2.66. The second kappa shape index (κ2) is 6.22. The van der Waals surface area contributed by atoms with E-state index in [1.807, 2.05) is 37.4 Å². The lowest BCUT2D eigenvalue weighted by Crippen LogP contribution is -2.21. The average Bonchev–Trinajstić information content (AvgIpc) is 2.74. The number of nitrogens with zero attached hydrogens (tertiary/aromatic N) is 1. The standard InChI is InChI=1S/C13H12BrClN2S2/c1-17(7-9-3-5-12(15)19-9)11-6-8(14)2-4-10(11)13(16)18/h2-6H,7H2,1H3,(H2,16,18). The zero-order valence-corrected chi connectivity index (χ0v) is 14.2. The number of benzene rings is 1. The molecule has 0 radical (unpaired) electrons. The first kappa shape index (κ1) is 14.8. The first-order chi connectivity index (χ1) is 8.97. The monoisotopic (exact) mass is 374 g/mol. The van der Waals surface area contributed by atoms with Crippen molar-refractivity contribution < 1.29 is 0 Å². The molecular weight excluding hydrogens is 364 g/mol. The van der Waals surface area contributed by atoms with Gasteiger partial charge in [0.05, 0.1) is 10.9 Å². The van der Waals surface area contributed by atoms with Gasteiger partial charge in [0.15, 0.2) is 0 Å². The molecule has 100 valence electrons. The smallest absolute Gasteiger partial charge is 0.106 e. The maximum atomic E-state index is 5.95. The highest BCUT2D eigenvalue weighted by Crippen LogP contribution is 2.28. The predicted octanol–water partition coefficient (Wildman–Crippen LogP) is 4.43. The van der Waals surface area contributed by atoms with Crippen molar-refractivity contribution in [3.05, 3.63) is 49.6 Å². The molecule has 0 unspecified atom stereocenters. The van der Waals surface area contributed by atoms with Gasteiger partial charge < -0.3 is 10.6 Å². The number of hydrogen-bond acceptors (Lipinski definition) is 3. The molecule has 0 atom stereocenters. The lowest BCUT2D eigenvalue weighted by molar-refractivity contribution is 0.938. The topological polar surface area (TPSA) is 29.3 Å². The van der Waals surface area contributed by atoms with Crippen LogP contribution in [0, 0.1) is 0 Å². The Balaban J connectivity index is 2.29. The average molecular weight is 376 g/mol. The molecule has 2 nitrogen and oxygen atoms in total. The fourth-order valence-corrected chi connectivity index (χ4v) is 3.45. The van der Waals surface area contributed by atoms with Gasteiger partial charge in [-0.1, -0.05) is 39.7 Å². The van der Waals surface area contributed by atoms with Gasteiger partial charge in [-0.05, 0) is 30.3 Å². The molecule has 0 aliphatic rings. The summed E-state index contributed by atoms with van der Waals surface area (Å²) in [5.74, 6) is 0. The number of anilines is 1. The van der Waals surface area contributed by atoms with E-state index < -0.39 is 0 Å². The van der Waals surface area contributed by atoms with Gasteiger partial charge in [-0.3, -0.25) is 0 Å². The minimum atomic E-state index is 0.401. The Labute approximate surface area is 135 Å². The summed E-state index contributed by atoms with van der Waals surface area (Å²) >= 11 is 16.1. The molecule has 0 aliphatic carbocycles. The second-order valence-electron chi connectivity index (χ2n) is 4.09. The van der Waals surface area contributed by atoms with Gasteiger partial charge in [-0.25, -0.2) is 0 Å². The van der Waals surface area contributed by atoms with Gasteiger partial charge in [0.25, 0.3) is 0 Å². The van der Waals surface area contributed by atoms with Crippen LogP contribution in [-0.4, -0.2) is 12.0 Å². The highest BCUT2D eigenvalue weighted by atomic mass is 79.9. The Bertz CT molecular complexity index is 612. The third kappa shape index (κ3) is 3.69. The zero-order valence-electron chi connectivity index (χ0n) is 10.2. The third-order valence-corrected chi connectivity index (χ3v) is 4.59. The molecular formula is C13H12BrClN2S2. The molecule has 0 aliphatic heterocycles. The minimum Gasteiger partial charge on any atom is -0.389 e. The number of rotatable bonds is 4. The highest BCUT2D eigenvalue weighted by Gasteiger charge is 2.11. The number of nitrogens with two attached hydrogens (primary N) is 1. The molecule has 0 saturated carbocycles. The summed E-state index contributed by atoms with van der Waals surface area (Å²) in [5, 5.41) is 0. The molecule has 19 heavy (non-hydrogen) atoms. The molecule has 6 heteroatoms. The van der Waals surface area contributed by atoms with Crippen LogP contribution in [0.25, 0.3) is 0 Å². The van der Waals surface area contributed by atoms with Gasteiger partial charge in [0.2, 0.25) is 0 Å². The van der Waals surface area contributed by atoms with Crippen molar-refractivity contribution >= 4 is 61.8 Å². The van der Waals surface area contributed by atoms with Gasteiger partial charge in [-0.2, -0.15) is 0 Å². The van der Waals surface area contributed by atoms with Crippen molar-refractivity contribution in [1.29, 1.82) is 0 Å². The van der Waals surface area contributed by atoms with E-state index in [4.69, 9.17) is 29.6 Å². The molecule has 2 aromatic rings. The molecule has 0 bridgehead atoms. The van der Waals surface area contributed by atoms with Crippen LogP contribution in [0.4, 0.5) is 5.69 Å². The summed E-state index contributed by atoms with van der Waals surface area (Å²) in [6.45, 7) is 0.767. The van der Waals surface area contributed by atoms with E-state index in [1.54, 1.807) is 11.3 Å². The van der Waals surface area contributed by atoms with E-state index >= 15 is 0 Å². The minimum absolute atomic E-state index is 0.401. The largest absolute Gasteiger partial charge is 0.389 e. The lowest BCUT2D eigenvalue weighted by atomic mass is 10.1. The molecule has 1 aromatic carbocycles. The molecule has 0 spiro atoms. The van der Waals surface area contributed by atoms with Crippen LogP contribution >= 0.6 is 51.1 Å². The fourth-order valence-electron chi connectivity index (χ4n) is 1.78. The normalized spacial score (nSPS) is 10.5. The van der Waals surface area contributed by atoms with Crippen LogP contribution in [0.5, 0.6) is 0 Å². The molecule has 0 amide bonds. The highest BCUT2D eigenvalue weighted by molar-refractivity contribution is 9.10. The Hall–Kier alpha value is -0.620. The first-order valence-corrected chi connectivity index (χ1v) is 7.91. The van der Waals surface area contributed by atoms with Crippen LogP contribution in [-0.2, 0) is 6.54 Å². The Kier molecular flexibility index (Phi) is 4.84. The van der Waals surface area contributed by atoms with Gasteiger partial charge in [-0.15, -0.1) is 11.3 Å². The van der Waals surface area contributed by atoms with Crippen molar-refractivity contribution in [3.63, 3.8) is 0 Å². The second-order valence-corrected chi connectivity index (χ2v) is 7.24. The van der Waals surface area contributed by atoms with Crippen LogP contribution in [0.15, 0.2) is 34.8 Å². The molecule has 2 rings (SSSR count). The van der Waals surface area contributed by atoms with Crippen molar-refractivity contribution in [1.82, 2.24) is 0 Å². The summed E-state index contributed by atoms with van der Waals surface area (Å²) in [6.07, 6.45) is 0. The first-order valence-electron chi connectivity index (χ1n) is 5.52. The quantitative estimate of drug-likeness (QED) is 0.801. The number of halogens is 2. The van der Waals surface area contributed by atoms with E-state index in [0.29, 0.717) is 4.99 Å². The molecule has 1 aromatic heterocycles. The van der Waals surface area contributed by atoms with Crippen molar-refractivity contribution in [3.8, 4) is 0 Å².